The number of carbonyl (C=O) groups is 2. The van der Waals surface area contributed by atoms with Crippen LogP contribution in [0, 0.1) is 6.92 Å². The Morgan fingerprint density at radius 3 is 2.82 bits per heavy atom. The molecule has 28 heavy (non-hydrogen) atoms. The molecule has 1 aliphatic heterocycles. The number of fused-ring (bicyclic) bond motifs is 1. The van der Waals surface area contributed by atoms with E-state index in [0.29, 0.717) is 31.7 Å². The van der Waals surface area contributed by atoms with Crippen molar-refractivity contribution in [2.24, 2.45) is 0 Å². The fourth-order valence-corrected chi connectivity index (χ4v) is 3.10. The molecule has 0 fully saturated rings. The van der Waals surface area contributed by atoms with Gasteiger partial charge in [0.05, 0.1) is 30.4 Å². The van der Waals surface area contributed by atoms with Crippen molar-refractivity contribution in [1.82, 2.24) is 25.2 Å². The van der Waals surface area contributed by atoms with Gasteiger partial charge in [-0.2, -0.15) is 0 Å². The Morgan fingerprint density at radius 1 is 1.36 bits per heavy atom. The van der Waals surface area contributed by atoms with Crippen LogP contribution in [0.5, 0.6) is 5.75 Å². The molecule has 150 valence electrons. The molecule has 0 aliphatic carbocycles. The number of anilines is 1. The number of amides is 2. The SMILES string of the molecule is Cc1cn(CCNC(=O)C[C@@H]2COc3ccc(C(=O)N(C)C)cc3N2C)nn1. The summed E-state index contributed by atoms with van der Waals surface area (Å²) in [6.07, 6.45) is 2.14. The lowest BCUT2D eigenvalue weighted by atomic mass is 10.1. The van der Waals surface area contributed by atoms with Crippen LogP contribution in [-0.4, -0.2) is 72.0 Å². The smallest absolute Gasteiger partial charge is 0.253 e. The predicted octanol–water partition coefficient (Wildman–Crippen LogP) is 0.692. The Morgan fingerprint density at radius 2 is 2.14 bits per heavy atom. The molecule has 1 N–H and O–H groups in total. The van der Waals surface area contributed by atoms with Crippen LogP contribution in [0.15, 0.2) is 24.4 Å². The fourth-order valence-electron chi connectivity index (χ4n) is 3.10. The van der Waals surface area contributed by atoms with Gasteiger partial charge in [0.2, 0.25) is 5.91 Å². The van der Waals surface area contributed by atoms with Gasteiger partial charge >= 0.3 is 0 Å². The van der Waals surface area contributed by atoms with Crippen molar-refractivity contribution in [3.8, 4) is 5.75 Å². The van der Waals surface area contributed by atoms with E-state index < -0.39 is 0 Å². The second-order valence-electron chi connectivity index (χ2n) is 7.13. The highest BCUT2D eigenvalue weighted by Crippen LogP contribution is 2.34. The number of carbonyl (C=O) groups excluding carboxylic acids is 2. The Bertz CT molecular complexity index is 863. The molecule has 0 radical (unpaired) electrons. The van der Waals surface area contributed by atoms with E-state index in [-0.39, 0.29) is 17.9 Å². The third-order valence-electron chi connectivity index (χ3n) is 4.71. The summed E-state index contributed by atoms with van der Waals surface area (Å²) in [5.41, 5.74) is 2.25. The zero-order valence-electron chi connectivity index (χ0n) is 16.7. The summed E-state index contributed by atoms with van der Waals surface area (Å²) < 4.78 is 7.51. The quantitative estimate of drug-likeness (QED) is 0.785. The first-order valence-corrected chi connectivity index (χ1v) is 9.20. The van der Waals surface area contributed by atoms with Gasteiger partial charge in [-0.1, -0.05) is 5.21 Å². The Labute approximate surface area is 164 Å². The third kappa shape index (κ3) is 4.41. The summed E-state index contributed by atoms with van der Waals surface area (Å²) in [6.45, 7) is 3.34. The molecule has 0 unspecified atom stereocenters. The predicted molar refractivity (Wildman–Crippen MR) is 105 cm³/mol. The van der Waals surface area contributed by atoms with Crippen LogP contribution in [-0.2, 0) is 11.3 Å². The molecule has 0 bridgehead atoms. The van der Waals surface area contributed by atoms with Gasteiger partial charge in [-0.25, -0.2) is 0 Å². The molecular weight excluding hydrogens is 360 g/mol. The summed E-state index contributed by atoms with van der Waals surface area (Å²) in [5, 5.41) is 10.8. The summed E-state index contributed by atoms with van der Waals surface area (Å²) in [5.74, 6) is 0.594. The number of likely N-dealkylation sites (N-methyl/N-ethyl adjacent to an activating group) is 1. The molecule has 9 nitrogen and oxygen atoms in total. The number of benzene rings is 1. The van der Waals surface area contributed by atoms with Crippen LogP contribution in [0.1, 0.15) is 22.5 Å². The maximum absolute atomic E-state index is 12.3. The number of hydrogen-bond donors (Lipinski definition) is 1. The van der Waals surface area contributed by atoms with Crippen LogP contribution in [0.4, 0.5) is 5.69 Å². The van der Waals surface area contributed by atoms with Gasteiger partial charge in [-0.05, 0) is 25.1 Å². The first-order valence-electron chi connectivity index (χ1n) is 9.20. The van der Waals surface area contributed by atoms with Crippen LogP contribution >= 0.6 is 0 Å². The maximum Gasteiger partial charge on any atom is 0.253 e. The normalized spacial score (nSPS) is 15.6. The minimum absolute atomic E-state index is 0.0544. The molecule has 0 spiro atoms. The highest BCUT2D eigenvalue weighted by atomic mass is 16.5. The van der Waals surface area contributed by atoms with Gasteiger partial charge in [-0.3, -0.25) is 14.3 Å². The molecule has 0 saturated carbocycles. The average Bonchev–Trinajstić information content (AvgIpc) is 3.08. The lowest BCUT2D eigenvalue weighted by Crippen LogP contribution is -2.44. The monoisotopic (exact) mass is 386 g/mol. The van der Waals surface area contributed by atoms with Crippen molar-refractivity contribution >= 4 is 17.5 Å². The summed E-state index contributed by atoms with van der Waals surface area (Å²) in [4.78, 5) is 28.1. The van der Waals surface area contributed by atoms with E-state index in [0.717, 1.165) is 17.1 Å². The van der Waals surface area contributed by atoms with E-state index in [9.17, 15) is 9.59 Å². The summed E-state index contributed by atoms with van der Waals surface area (Å²) in [7, 11) is 5.35. The van der Waals surface area contributed by atoms with Crippen LogP contribution < -0.4 is 15.0 Å². The number of ether oxygens (including phenoxy) is 1. The van der Waals surface area contributed by atoms with E-state index in [2.05, 4.69) is 15.6 Å². The zero-order chi connectivity index (χ0) is 20.3. The van der Waals surface area contributed by atoms with Gasteiger partial charge in [0.15, 0.2) is 0 Å². The Hall–Kier alpha value is -3.10. The average molecular weight is 386 g/mol. The summed E-state index contributed by atoms with van der Waals surface area (Å²) >= 11 is 0. The van der Waals surface area contributed by atoms with Crippen molar-refractivity contribution < 1.29 is 14.3 Å². The van der Waals surface area contributed by atoms with E-state index in [1.54, 1.807) is 30.9 Å². The van der Waals surface area contributed by atoms with E-state index >= 15 is 0 Å². The third-order valence-corrected chi connectivity index (χ3v) is 4.71. The molecule has 1 atom stereocenters. The number of rotatable bonds is 6. The fraction of sp³-hybridized carbons (Fsp3) is 0.474. The lowest BCUT2D eigenvalue weighted by molar-refractivity contribution is -0.121. The standard InChI is InChI=1S/C19H26N6O3/c1-13-11-25(22-21-13)8-7-20-18(26)10-15-12-28-17-6-5-14(19(27)23(2)3)9-16(17)24(15)4/h5-6,9,11,15H,7-8,10,12H2,1-4H3,(H,20,26)/t15-/m1/s1. The highest BCUT2D eigenvalue weighted by molar-refractivity contribution is 5.95. The van der Waals surface area contributed by atoms with Gasteiger partial charge in [0.25, 0.3) is 5.91 Å². The van der Waals surface area contributed by atoms with Gasteiger partial charge in [0.1, 0.15) is 12.4 Å². The molecule has 0 saturated heterocycles. The van der Waals surface area contributed by atoms with Gasteiger partial charge < -0.3 is 19.9 Å². The summed E-state index contributed by atoms with van der Waals surface area (Å²) in [6, 6.07) is 5.27. The van der Waals surface area contributed by atoms with Gasteiger partial charge in [-0.15, -0.1) is 5.10 Å². The van der Waals surface area contributed by atoms with Crippen molar-refractivity contribution in [2.75, 3.05) is 39.2 Å². The number of aromatic nitrogens is 3. The van der Waals surface area contributed by atoms with Crippen LogP contribution in [0.3, 0.4) is 0 Å². The molecule has 2 aromatic rings. The molecule has 2 amide bonds. The minimum Gasteiger partial charge on any atom is -0.489 e. The lowest BCUT2D eigenvalue weighted by Gasteiger charge is -2.35. The largest absolute Gasteiger partial charge is 0.489 e. The molecule has 1 aromatic heterocycles. The molecule has 1 aromatic carbocycles. The van der Waals surface area contributed by atoms with Crippen molar-refractivity contribution in [2.45, 2.75) is 25.9 Å². The van der Waals surface area contributed by atoms with Crippen molar-refractivity contribution in [1.29, 1.82) is 0 Å². The second-order valence-corrected chi connectivity index (χ2v) is 7.13. The molecule has 3 rings (SSSR count). The number of hydrogen-bond acceptors (Lipinski definition) is 6. The van der Waals surface area contributed by atoms with Crippen molar-refractivity contribution in [3.05, 3.63) is 35.7 Å². The highest BCUT2D eigenvalue weighted by Gasteiger charge is 2.27. The van der Waals surface area contributed by atoms with Gasteiger partial charge in [0, 0.05) is 39.4 Å². The number of nitrogens with one attached hydrogen (secondary N) is 1. The second kappa shape index (κ2) is 8.28. The van der Waals surface area contributed by atoms with Crippen LogP contribution in [0.2, 0.25) is 0 Å². The van der Waals surface area contributed by atoms with E-state index in [1.807, 2.05) is 31.1 Å². The topological polar surface area (TPSA) is 92.6 Å². The Balaban J connectivity index is 1.58. The van der Waals surface area contributed by atoms with E-state index in [1.165, 1.54) is 4.90 Å². The minimum atomic E-state index is -0.106. The van der Waals surface area contributed by atoms with Crippen molar-refractivity contribution in [3.63, 3.8) is 0 Å². The number of nitrogens with zero attached hydrogens (tertiary/aromatic N) is 5. The Kier molecular flexibility index (Phi) is 5.81. The maximum atomic E-state index is 12.3. The van der Waals surface area contributed by atoms with E-state index in [4.69, 9.17) is 4.74 Å². The molecule has 1 aliphatic rings. The zero-order valence-corrected chi connectivity index (χ0v) is 16.7. The van der Waals surface area contributed by atoms with Crippen LogP contribution in [0.25, 0.3) is 0 Å². The first-order chi connectivity index (χ1) is 13.3. The molecular formula is C19H26N6O3. The first kappa shape index (κ1) is 19.7. The number of aryl methyl sites for hydroxylation is 1. The molecule has 9 heteroatoms. The molecule has 2 heterocycles.